The van der Waals surface area contributed by atoms with Crippen molar-refractivity contribution in [3.05, 3.63) is 12.7 Å². The zero-order valence-corrected chi connectivity index (χ0v) is 8.40. The van der Waals surface area contributed by atoms with Gasteiger partial charge >= 0.3 is 0 Å². The van der Waals surface area contributed by atoms with E-state index in [1.807, 2.05) is 6.08 Å². The van der Waals surface area contributed by atoms with Crippen LogP contribution in [0.3, 0.4) is 0 Å². The molecule has 0 N–H and O–H groups in total. The normalized spacial score (nSPS) is 30.6. The SMILES string of the molecule is C=CCCC1(CBr)CCCO1. The van der Waals surface area contributed by atoms with Gasteiger partial charge in [-0.25, -0.2) is 0 Å². The highest BCUT2D eigenvalue weighted by molar-refractivity contribution is 9.09. The van der Waals surface area contributed by atoms with Crippen LogP contribution in [0, 0.1) is 0 Å². The number of halogens is 1. The van der Waals surface area contributed by atoms with Crippen molar-refractivity contribution in [2.45, 2.75) is 31.3 Å². The van der Waals surface area contributed by atoms with Crippen LogP contribution < -0.4 is 0 Å². The van der Waals surface area contributed by atoms with Crippen LogP contribution in [0.2, 0.25) is 0 Å². The average molecular weight is 219 g/mol. The van der Waals surface area contributed by atoms with Crippen LogP contribution in [-0.4, -0.2) is 17.5 Å². The maximum atomic E-state index is 5.70. The molecule has 0 radical (unpaired) electrons. The van der Waals surface area contributed by atoms with Gasteiger partial charge in [-0.15, -0.1) is 6.58 Å². The second kappa shape index (κ2) is 4.27. The second-order valence-corrected chi connectivity index (χ2v) is 3.66. The van der Waals surface area contributed by atoms with E-state index in [4.69, 9.17) is 4.74 Å². The van der Waals surface area contributed by atoms with Gasteiger partial charge in [-0.1, -0.05) is 22.0 Å². The lowest BCUT2D eigenvalue weighted by atomic mass is 9.97. The maximum absolute atomic E-state index is 5.70. The highest BCUT2D eigenvalue weighted by Crippen LogP contribution is 2.31. The van der Waals surface area contributed by atoms with Gasteiger partial charge in [0.1, 0.15) is 0 Å². The van der Waals surface area contributed by atoms with Crippen molar-refractivity contribution in [2.75, 3.05) is 11.9 Å². The van der Waals surface area contributed by atoms with Gasteiger partial charge in [0.05, 0.1) is 5.60 Å². The number of allylic oxidation sites excluding steroid dienone is 1. The first-order valence-electron chi connectivity index (χ1n) is 4.14. The molecule has 1 atom stereocenters. The quantitative estimate of drug-likeness (QED) is 0.521. The summed E-state index contributed by atoms with van der Waals surface area (Å²) in [5.74, 6) is 0. The third-order valence-electron chi connectivity index (χ3n) is 2.23. The summed E-state index contributed by atoms with van der Waals surface area (Å²) in [5, 5.41) is 0.966. The molecule has 64 valence electrons. The van der Waals surface area contributed by atoms with Gasteiger partial charge in [0.15, 0.2) is 0 Å². The fourth-order valence-electron chi connectivity index (χ4n) is 1.49. The molecule has 0 aromatic heterocycles. The van der Waals surface area contributed by atoms with E-state index >= 15 is 0 Å². The molecule has 1 heterocycles. The number of hydrogen-bond donors (Lipinski definition) is 0. The minimum Gasteiger partial charge on any atom is -0.374 e. The van der Waals surface area contributed by atoms with E-state index in [0.717, 1.165) is 24.8 Å². The molecule has 1 fully saturated rings. The summed E-state index contributed by atoms with van der Waals surface area (Å²) in [6, 6.07) is 0. The van der Waals surface area contributed by atoms with Crippen LogP contribution in [0.1, 0.15) is 25.7 Å². The van der Waals surface area contributed by atoms with Gasteiger partial charge in [0, 0.05) is 11.9 Å². The maximum Gasteiger partial charge on any atom is 0.0782 e. The highest BCUT2D eigenvalue weighted by Gasteiger charge is 2.32. The third kappa shape index (κ3) is 2.31. The number of ether oxygens (including phenoxy) is 1. The summed E-state index contributed by atoms with van der Waals surface area (Å²) in [6.07, 6.45) is 6.55. The summed E-state index contributed by atoms with van der Waals surface area (Å²) in [7, 11) is 0. The first-order chi connectivity index (χ1) is 5.33. The molecule has 1 aliphatic heterocycles. The topological polar surface area (TPSA) is 9.23 Å². The molecule has 1 unspecified atom stereocenters. The van der Waals surface area contributed by atoms with Gasteiger partial charge in [0.25, 0.3) is 0 Å². The fourth-order valence-corrected chi connectivity index (χ4v) is 2.21. The van der Waals surface area contributed by atoms with E-state index in [-0.39, 0.29) is 5.60 Å². The summed E-state index contributed by atoms with van der Waals surface area (Å²) in [6.45, 7) is 4.65. The lowest BCUT2D eigenvalue weighted by molar-refractivity contribution is 0.0193. The van der Waals surface area contributed by atoms with Crippen LogP contribution in [0.4, 0.5) is 0 Å². The molecule has 1 saturated heterocycles. The minimum absolute atomic E-state index is 0.133. The average Bonchev–Trinajstić information content (AvgIpc) is 2.50. The van der Waals surface area contributed by atoms with Crippen molar-refractivity contribution < 1.29 is 4.74 Å². The summed E-state index contributed by atoms with van der Waals surface area (Å²) in [5.41, 5.74) is 0.133. The zero-order valence-electron chi connectivity index (χ0n) is 6.81. The van der Waals surface area contributed by atoms with Crippen molar-refractivity contribution in [1.82, 2.24) is 0 Å². The Morgan fingerprint density at radius 3 is 2.91 bits per heavy atom. The van der Waals surface area contributed by atoms with Crippen LogP contribution in [-0.2, 0) is 4.74 Å². The Morgan fingerprint density at radius 2 is 2.45 bits per heavy atom. The van der Waals surface area contributed by atoms with E-state index in [0.29, 0.717) is 0 Å². The standard InChI is InChI=1S/C9H15BrO/c1-2-3-5-9(8-10)6-4-7-11-9/h2H,1,3-8H2. The Balaban J connectivity index is 2.38. The van der Waals surface area contributed by atoms with Gasteiger partial charge in [-0.2, -0.15) is 0 Å². The Labute approximate surface area is 76.9 Å². The largest absolute Gasteiger partial charge is 0.374 e. The Hall–Kier alpha value is 0.180. The van der Waals surface area contributed by atoms with Gasteiger partial charge < -0.3 is 4.74 Å². The van der Waals surface area contributed by atoms with Crippen molar-refractivity contribution >= 4 is 15.9 Å². The fraction of sp³-hybridized carbons (Fsp3) is 0.778. The smallest absolute Gasteiger partial charge is 0.0782 e. The van der Waals surface area contributed by atoms with Crippen molar-refractivity contribution in [1.29, 1.82) is 0 Å². The van der Waals surface area contributed by atoms with Crippen LogP contribution in [0.5, 0.6) is 0 Å². The summed E-state index contributed by atoms with van der Waals surface area (Å²) in [4.78, 5) is 0. The molecule has 0 aromatic carbocycles. The predicted octanol–water partition coefficient (Wildman–Crippen LogP) is 2.90. The van der Waals surface area contributed by atoms with Crippen LogP contribution in [0.15, 0.2) is 12.7 Å². The minimum atomic E-state index is 0.133. The van der Waals surface area contributed by atoms with Crippen LogP contribution >= 0.6 is 15.9 Å². The third-order valence-corrected chi connectivity index (χ3v) is 3.25. The number of alkyl halides is 1. The first-order valence-corrected chi connectivity index (χ1v) is 5.26. The molecule has 0 aliphatic carbocycles. The molecular weight excluding hydrogens is 204 g/mol. The molecule has 0 bridgehead atoms. The molecule has 11 heavy (non-hydrogen) atoms. The molecule has 0 spiro atoms. The summed E-state index contributed by atoms with van der Waals surface area (Å²) < 4.78 is 5.70. The van der Waals surface area contributed by atoms with E-state index < -0.39 is 0 Å². The first kappa shape index (κ1) is 9.27. The molecule has 0 amide bonds. The van der Waals surface area contributed by atoms with Gasteiger partial charge in [0.2, 0.25) is 0 Å². The molecule has 1 rings (SSSR count). The highest BCUT2D eigenvalue weighted by atomic mass is 79.9. The van der Waals surface area contributed by atoms with Crippen molar-refractivity contribution in [3.8, 4) is 0 Å². The Morgan fingerprint density at radius 1 is 1.64 bits per heavy atom. The van der Waals surface area contributed by atoms with Gasteiger partial charge in [-0.3, -0.25) is 0 Å². The van der Waals surface area contributed by atoms with E-state index in [1.54, 1.807) is 0 Å². The van der Waals surface area contributed by atoms with Gasteiger partial charge in [-0.05, 0) is 25.7 Å². The predicted molar refractivity (Wildman–Crippen MR) is 51.1 cm³/mol. The second-order valence-electron chi connectivity index (χ2n) is 3.10. The Bertz CT molecular complexity index is 128. The van der Waals surface area contributed by atoms with E-state index in [9.17, 15) is 0 Å². The molecule has 2 heteroatoms. The molecule has 1 aliphatic rings. The molecule has 0 aromatic rings. The van der Waals surface area contributed by atoms with Crippen molar-refractivity contribution in [2.24, 2.45) is 0 Å². The Kier molecular flexibility index (Phi) is 3.60. The molecule has 1 nitrogen and oxygen atoms in total. The monoisotopic (exact) mass is 218 g/mol. The summed E-state index contributed by atoms with van der Waals surface area (Å²) >= 11 is 3.50. The van der Waals surface area contributed by atoms with E-state index in [1.165, 1.54) is 12.8 Å². The molecule has 0 saturated carbocycles. The van der Waals surface area contributed by atoms with Crippen molar-refractivity contribution in [3.63, 3.8) is 0 Å². The number of rotatable bonds is 4. The van der Waals surface area contributed by atoms with Crippen LogP contribution in [0.25, 0.3) is 0 Å². The molecular formula is C9H15BrO. The zero-order chi connectivity index (χ0) is 8.16. The lowest BCUT2D eigenvalue weighted by Gasteiger charge is -2.25. The van der Waals surface area contributed by atoms with E-state index in [2.05, 4.69) is 22.5 Å². The number of hydrogen-bond acceptors (Lipinski definition) is 1. The lowest BCUT2D eigenvalue weighted by Crippen LogP contribution is -2.29.